The lowest BCUT2D eigenvalue weighted by Gasteiger charge is -1.83. The van der Waals surface area contributed by atoms with E-state index in [1.807, 2.05) is 18.3 Å². The van der Waals surface area contributed by atoms with Crippen molar-refractivity contribution in [2.75, 3.05) is 13.1 Å². The maximum Gasteiger partial charge on any atom is 0.160 e. The molecule has 0 unspecified atom stereocenters. The summed E-state index contributed by atoms with van der Waals surface area (Å²) in [7, 11) is 0. The van der Waals surface area contributed by atoms with Crippen LogP contribution in [0.5, 0.6) is 0 Å². The second-order valence-corrected chi connectivity index (χ2v) is 3.52. The van der Waals surface area contributed by atoms with Crippen molar-refractivity contribution in [3.05, 3.63) is 36.5 Å². The highest BCUT2D eigenvalue weighted by atomic mass is 32.1. The molecule has 1 heterocycles. The van der Waals surface area contributed by atoms with Gasteiger partial charge < -0.3 is 27.9 Å². The first-order valence-electron chi connectivity index (χ1n) is 5.09. The molecule has 9 N–H and O–H groups in total. The minimum atomic E-state index is 0.000000000000000222. The average Bonchev–Trinajstić information content (AvgIpc) is 2.76. The van der Waals surface area contributed by atoms with Gasteiger partial charge in [0.15, 0.2) is 5.11 Å². The lowest BCUT2D eigenvalue weighted by Crippen LogP contribution is -2.18. The Morgan fingerprint density at radius 1 is 1.06 bits per heavy atom. The maximum absolute atomic E-state index is 4.90. The van der Waals surface area contributed by atoms with Gasteiger partial charge in [0, 0.05) is 24.8 Å². The zero-order chi connectivity index (χ0) is 13.1. The monoisotopic (exact) mass is 253 g/mol. The number of nitrogens with two attached hydrogens (primary N) is 4. The van der Waals surface area contributed by atoms with Gasteiger partial charge in [0.25, 0.3) is 0 Å². The van der Waals surface area contributed by atoms with E-state index in [2.05, 4.69) is 46.9 Å². The molecule has 0 atom stereocenters. The molecule has 0 saturated carbocycles. The van der Waals surface area contributed by atoms with Crippen molar-refractivity contribution < 1.29 is 0 Å². The van der Waals surface area contributed by atoms with Crippen molar-refractivity contribution in [1.82, 2.24) is 4.98 Å². The Bertz CT molecular complexity index is 390. The van der Waals surface area contributed by atoms with E-state index in [4.69, 9.17) is 11.5 Å². The molecule has 2 aromatic rings. The Kier molecular flexibility index (Phi) is 8.67. The van der Waals surface area contributed by atoms with Crippen molar-refractivity contribution in [2.45, 2.75) is 0 Å². The van der Waals surface area contributed by atoms with Crippen LogP contribution in [0.3, 0.4) is 0 Å². The van der Waals surface area contributed by atoms with Gasteiger partial charge in [-0.1, -0.05) is 18.2 Å². The molecule has 1 aromatic heterocycles. The first-order valence-corrected chi connectivity index (χ1v) is 5.49. The first kappa shape index (κ1) is 15.4. The molecule has 0 amide bonds. The molecule has 0 fully saturated rings. The third kappa shape index (κ3) is 8.21. The highest BCUT2D eigenvalue weighted by molar-refractivity contribution is 7.80. The standard InChI is InChI=1S/C8H7N.C2H8N2.CH4N2S/c1-2-4-8-7(3-1)5-6-9-8;3-1-2-4;2-1(3)4/h1-6,9H;1-4H2;(H4,2,3,4). The molecular formula is C11H19N5S. The molecule has 0 bridgehead atoms. The zero-order valence-corrected chi connectivity index (χ0v) is 10.4. The molecule has 5 nitrogen and oxygen atoms in total. The molecule has 2 rings (SSSR count). The SMILES string of the molecule is NC(N)=S.NCCN.c1ccc2[nH]ccc2c1. The number of benzene rings is 1. The third-order valence-electron chi connectivity index (χ3n) is 1.63. The molecule has 0 saturated heterocycles. The van der Waals surface area contributed by atoms with Crippen LogP contribution in [0.1, 0.15) is 0 Å². The number of hydrogen-bond donors (Lipinski definition) is 5. The van der Waals surface area contributed by atoms with Crippen molar-refractivity contribution in [1.29, 1.82) is 0 Å². The van der Waals surface area contributed by atoms with E-state index in [1.54, 1.807) is 0 Å². The minimum absolute atomic E-state index is 0.000000000000000222. The van der Waals surface area contributed by atoms with E-state index >= 15 is 0 Å². The second kappa shape index (κ2) is 9.59. The Morgan fingerprint density at radius 3 is 2.06 bits per heavy atom. The van der Waals surface area contributed by atoms with Crippen LogP contribution in [0, 0.1) is 0 Å². The van der Waals surface area contributed by atoms with Crippen molar-refractivity contribution in [2.24, 2.45) is 22.9 Å². The molecule has 1 aromatic carbocycles. The maximum atomic E-state index is 4.90. The molecule has 17 heavy (non-hydrogen) atoms. The van der Waals surface area contributed by atoms with Crippen LogP contribution in [0.25, 0.3) is 10.9 Å². The molecule has 0 radical (unpaired) electrons. The van der Waals surface area contributed by atoms with Crippen LogP contribution in [-0.4, -0.2) is 23.2 Å². The molecule has 0 aliphatic heterocycles. The Morgan fingerprint density at radius 2 is 1.59 bits per heavy atom. The van der Waals surface area contributed by atoms with E-state index in [9.17, 15) is 0 Å². The second-order valence-electron chi connectivity index (χ2n) is 3.04. The number of para-hydroxylation sites is 1. The minimum Gasteiger partial charge on any atom is -0.377 e. The van der Waals surface area contributed by atoms with Gasteiger partial charge in [0.1, 0.15) is 0 Å². The summed E-state index contributed by atoms with van der Waals surface area (Å²) in [4.78, 5) is 3.12. The molecule has 0 aliphatic rings. The van der Waals surface area contributed by atoms with Gasteiger partial charge in [0.2, 0.25) is 0 Å². The molecule has 0 spiro atoms. The summed E-state index contributed by atoms with van der Waals surface area (Å²) in [5.74, 6) is 0. The van der Waals surface area contributed by atoms with Crippen molar-refractivity contribution in [3.63, 3.8) is 0 Å². The number of thiocarbonyl (C=S) groups is 1. The molecule has 94 valence electrons. The van der Waals surface area contributed by atoms with E-state index in [0.717, 1.165) is 0 Å². The summed E-state index contributed by atoms with van der Waals surface area (Å²) < 4.78 is 0. The Labute approximate surface area is 106 Å². The fourth-order valence-electron chi connectivity index (χ4n) is 0.995. The number of rotatable bonds is 1. The van der Waals surface area contributed by atoms with E-state index < -0.39 is 0 Å². The van der Waals surface area contributed by atoms with Gasteiger partial charge in [-0.2, -0.15) is 0 Å². The van der Waals surface area contributed by atoms with Gasteiger partial charge in [-0.15, -0.1) is 0 Å². The fraction of sp³-hybridized carbons (Fsp3) is 0.182. The number of aromatic amines is 1. The third-order valence-corrected chi connectivity index (χ3v) is 1.63. The lowest BCUT2D eigenvalue weighted by atomic mass is 10.3. The molecule has 6 heteroatoms. The van der Waals surface area contributed by atoms with Gasteiger partial charge in [-0.3, -0.25) is 0 Å². The van der Waals surface area contributed by atoms with Crippen LogP contribution in [-0.2, 0) is 0 Å². The summed E-state index contributed by atoms with van der Waals surface area (Å²) in [6.07, 6.45) is 1.95. The van der Waals surface area contributed by atoms with Crippen molar-refractivity contribution >= 4 is 28.2 Å². The predicted octanol–water partition coefficient (Wildman–Crippen LogP) is 0.260. The average molecular weight is 253 g/mol. The topological polar surface area (TPSA) is 120 Å². The summed E-state index contributed by atoms with van der Waals surface area (Å²) in [6.45, 7) is 1.19. The number of hydrogen-bond acceptors (Lipinski definition) is 3. The molecule has 0 aliphatic carbocycles. The Balaban J connectivity index is 0.000000274. The quantitative estimate of drug-likeness (QED) is 0.467. The molecular weight excluding hydrogens is 234 g/mol. The number of nitrogens with one attached hydrogen (secondary N) is 1. The van der Waals surface area contributed by atoms with Crippen LogP contribution >= 0.6 is 12.2 Å². The van der Waals surface area contributed by atoms with Gasteiger partial charge in [-0.25, -0.2) is 0 Å². The van der Waals surface area contributed by atoms with Crippen LogP contribution in [0.2, 0.25) is 0 Å². The van der Waals surface area contributed by atoms with Crippen LogP contribution < -0.4 is 22.9 Å². The predicted molar refractivity (Wildman–Crippen MR) is 77.4 cm³/mol. The highest BCUT2D eigenvalue weighted by Gasteiger charge is 1.86. The number of fused-ring (bicyclic) bond motifs is 1. The summed E-state index contributed by atoms with van der Waals surface area (Å²) in [5, 5.41) is 1.28. The van der Waals surface area contributed by atoms with E-state index in [1.165, 1.54) is 10.9 Å². The highest BCUT2D eigenvalue weighted by Crippen LogP contribution is 2.09. The number of aromatic nitrogens is 1. The van der Waals surface area contributed by atoms with Gasteiger partial charge in [0.05, 0.1) is 0 Å². The van der Waals surface area contributed by atoms with Crippen LogP contribution in [0.15, 0.2) is 36.5 Å². The fourth-order valence-corrected chi connectivity index (χ4v) is 0.995. The number of H-pyrrole nitrogens is 1. The van der Waals surface area contributed by atoms with Gasteiger partial charge >= 0.3 is 0 Å². The van der Waals surface area contributed by atoms with E-state index in [-0.39, 0.29) is 5.11 Å². The lowest BCUT2D eigenvalue weighted by molar-refractivity contribution is 0.976. The van der Waals surface area contributed by atoms with Crippen LogP contribution in [0.4, 0.5) is 0 Å². The zero-order valence-electron chi connectivity index (χ0n) is 9.60. The summed E-state index contributed by atoms with van der Waals surface area (Å²) >= 11 is 4.09. The summed E-state index contributed by atoms with van der Waals surface area (Å²) in [6, 6.07) is 10.3. The van der Waals surface area contributed by atoms with Gasteiger partial charge in [-0.05, 0) is 29.7 Å². The van der Waals surface area contributed by atoms with Crippen molar-refractivity contribution in [3.8, 4) is 0 Å². The smallest absolute Gasteiger partial charge is 0.160 e. The summed E-state index contributed by atoms with van der Waals surface area (Å²) in [5.41, 5.74) is 20.3. The first-order chi connectivity index (χ1) is 8.11. The normalized spacial score (nSPS) is 8.59. The van der Waals surface area contributed by atoms with E-state index in [0.29, 0.717) is 13.1 Å². The Hall–Kier alpha value is -1.63. The largest absolute Gasteiger partial charge is 0.377 e.